The van der Waals surface area contributed by atoms with Gasteiger partial charge in [0, 0.05) is 18.0 Å². The van der Waals surface area contributed by atoms with E-state index < -0.39 is 11.6 Å². The standard InChI is InChI=1S/C16H21F2N3/c1-9(2)8-21-15(19)14(20-16(21)10(3)4)11-6-5-7-12(17)13(11)18/h5-7,9-10H,8,19H2,1-4H3. The summed E-state index contributed by atoms with van der Waals surface area (Å²) in [6.07, 6.45) is 0. The van der Waals surface area contributed by atoms with E-state index >= 15 is 0 Å². The van der Waals surface area contributed by atoms with Crippen LogP contribution in [0.3, 0.4) is 0 Å². The van der Waals surface area contributed by atoms with Crippen LogP contribution in [0.4, 0.5) is 14.6 Å². The molecule has 0 fully saturated rings. The van der Waals surface area contributed by atoms with Crippen molar-refractivity contribution in [2.24, 2.45) is 5.92 Å². The first-order chi connectivity index (χ1) is 9.82. The SMILES string of the molecule is CC(C)Cn1c(C(C)C)nc(-c2cccc(F)c2F)c1N. The quantitative estimate of drug-likeness (QED) is 0.918. The van der Waals surface area contributed by atoms with E-state index in [0.717, 1.165) is 11.9 Å². The number of benzene rings is 1. The second-order valence-corrected chi connectivity index (χ2v) is 5.96. The lowest BCUT2D eigenvalue weighted by atomic mass is 10.1. The Kier molecular flexibility index (Phi) is 4.30. The Balaban J connectivity index is 2.62. The molecule has 0 bridgehead atoms. The summed E-state index contributed by atoms with van der Waals surface area (Å²) in [6, 6.07) is 4.05. The fraction of sp³-hybridized carbons (Fsp3) is 0.438. The van der Waals surface area contributed by atoms with Gasteiger partial charge in [-0.05, 0) is 18.1 Å². The Labute approximate surface area is 123 Å². The lowest BCUT2D eigenvalue weighted by Crippen LogP contribution is -2.12. The Morgan fingerprint density at radius 3 is 2.43 bits per heavy atom. The van der Waals surface area contributed by atoms with Gasteiger partial charge in [0.25, 0.3) is 0 Å². The number of nitrogens with two attached hydrogens (primary N) is 1. The Morgan fingerprint density at radius 2 is 1.86 bits per heavy atom. The van der Waals surface area contributed by atoms with Crippen LogP contribution in [0.1, 0.15) is 39.4 Å². The van der Waals surface area contributed by atoms with E-state index in [0.29, 0.717) is 24.0 Å². The molecule has 5 heteroatoms. The maximum Gasteiger partial charge on any atom is 0.168 e. The van der Waals surface area contributed by atoms with Crippen LogP contribution < -0.4 is 5.73 Å². The molecule has 0 aliphatic heterocycles. The highest BCUT2D eigenvalue weighted by Gasteiger charge is 2.22. The summed E-state index contributed by atoms with van der Waals surface area (Å²) < 4.78 is 29.3. The van der Waals surface area contributed by atoms with Crippen LogP contribution in [0.15, 0.2) is 18.2 Å². The molecule has 0 unspecified atom stereocenters. The summed E-state index contributed by atoms with van der Waals surface area (Å²) in [4.78, 5) is 4.47. The second kappa shape index (κ2) is 5.84. The van der Waals surface area contributed by atoms with Crippen LogP contribution in [-0.4, -0.2) is 9.55 Å². The number of halogens is 2. The molecule has 2 N–H and O–H groups in total. The topological polar surface area (TPSA) is 43.8 Å². The summed E-state index contributed by atoms with van der Waals surface area (Å²) in [5.41, 5.74) is 6.58. The van der Waals surface area contributed by atoms with E-state index in [9.17, 15) is 8.78 Å². The third-order valence-electron chi connectivity index (χ3n) is 3.31. The normalized spacial score (nSPS) is 11.6. The van der Waals surface area contributed by atoms with E-state index in [1.54, 1.807) is 0 Å². The van der Waals surface area contributed by atoms with Crippen LogP contribution in [0.25, 0.3) is 11.3 Å². The number of anilines is 1. The number of hydrogen-bond donors (Lipinski definition) is 1. The molecule has 1 aromatic carbocycles. The highest BCUT2D eigenvalue weighted by Crippen LogP contribution is 2.32. The monoisotopic (exact) mass is 293 g/mol. The fourth-order valence-corrected chi connectivity index (χ4v) is 2.37. The average Bonchev–Trinajstić information content (AvgIpc) is 2.70. The number of rotatable bonds is 4. The molecule has 21 heavy (non-hydrogen) atoms. The number of imidazole rings is 1. The van der Waals surface area contributed by atoms with E-state index in [1.807, 2.05) is 18.4 Å². The van der Waals surface area contributed by atoms with Gasteiger partial charge in [0.05, 0.1) is 0 Å². The maximum absolute atomic E-state index is 14.0. The summed E-state index contributed by atoms with van der Waals surface area (Å²) >= 11 is 0. The van der Waals surface area contributed by atoms with Gasteiger partial charge in [-0.25, -0.2) is 13.8 Å². The molecule has 0 radical (unpaired) electrons. The fourth-order valence-electron chi connectivity index (χ4n) is 2.37. The van der Waals surface area contributed by atoms with Crippen molar-refractivity contribution in [3.8, 4) is 11.3 Å². The van der Waals surface area contributed by atoms with Gasteiger partial charge in [-0.2, -0.15) is 0 Å². The molecule has 0 aliphatic rings. The third-order valence-corrected chi connectivity index (χ3v) is 3.31. The molecule has 0 aliphatic carbocycles. The average molecular weight is 293 g/mol. The Hall–Kier alpha value is -1.91. The third kappa shape index (κ3) is 2.91. The van der Waals surface area contributed by atoms with Crippen LogP contribution in [-0.2, 0) is 6.54 Å². The van der Waals surface area contributed by atoms with Crippen LogP contribution in [0, 0.1) is 17.6 Å². The summed E-state index contributed by atoms with van der Waals surface area (Å²) in [7, 11) is 0. The van der Waals surface area contributed by atoms with Gasteiger partial charge >= 0.3 is 0 Å². The minimum Gasteiger partial charge on any atom is -0.383 e. The summed E-state index contributed by atoms with van der Waals surface area (Å²) in [5.74, 6) is -0.0949. The molecular weight excluding hydrogens is 272 g/mol. The van der Waals surface area contributed by atoms with Gasteiger partial charge < -0.3 is 10.3 Å². The number of nitrogen functional groups attached to an aromatic ring is 1. The molecule has 0 amide bonds. The first kappa shape index (κ1) is 15.5. The first-order valence-corrected chi connectivity index (χ1v) is 7.13. The Morgan fingerprint density at radius 1 is 1.19 bits per heavy atom. The van der Waals surface area contributed by atoms with Crippen LogP contribution in [0.5, 0.6) is 0 Å². The van der Waals surface area contributed by atoms with E-state index in [-0.39, 0.29) is 11.5 Å². The van der Waals surface area contributed by atoms with Crippen molar-refractivity contribution in [1.82, 2.24) is 9.55 Å². The minimum atomic E-state index is -0.909. The predicted molar refractivity (Wildman–Crippen MR) is 80.9 cm³/mol. The highest BCUT2D eigenvalue weighted by atomic mass is 19.2. The molecule has 114 valence electrons. The molecular formula is C16H21F2N3. The zero-order valence-electron chi connectivity index (χ0n) is 12.8. The molecule has 1 heterocycles. The summed E-state index contributed by atoms with van der Waals surface area (Å²) in [6.45, 7) is 8.86. The number of aromatic nitrogens is 2. The lowest BCUT2D eigenvalue weighted by molar-refractivity contribution is 0.502. The van der Waals surface area contributed by atoms with Gasteiger partial charge in [-0.1, -0.05) is 33.8 Å². The van der Waals surface area contributed by atoms with Crippen LogP contribution >= 0.6 is 0 Å². The maximum atomic E-state index is 14.0. The zero-order chi connectivity index (χ0) is 15.7. The zero-order valence-corrected chi connectivity index (χ0v) is 12.8. The van der Waals surface area contributed by atoms with Crippen molar-refractivity contribution in [3.63, 3.8) is 0 Å². The minimum absolute atomic E-state index is 0.108. The number of hydrogen-bond acceptors (Lipinski definition) is 2. The molecule has 2 rings (SSSR count). The lowest BCUT2D eigenvalue weighted by Gasteiger charge is -2.14. The van der Waals surface area contributed by atoms with Gasteiger partial charge in [-0.3, -0.25) is 0 Å². The molecule has 3 nitrogen and oxygen atoms in total. The Bertz CT molecular complexity index is 645. The smallest absolute Gasteiger partial charge is 0.168 e. The van der Waals surface area contributed by atoms with E-state index in [2.05, 4.69) is 18.8 Å². The molecule has 0 saturated carbocycles. The van der Waals surface area contributed by atoms with Crippen molar-refractivity contribution in [1.29, 1.82) is 0 Å². The predicted octanol–water partition coefficient (Wildman–Crippen LogP) is 4.19. The molecule has 0 spiro atoms. The summed E-state index contributed by atoms with van der Waals surface area (Å²) in [5, 5.41) is 0. The second-order valence-electron chi connectivity index (χ2n) is 5.96. The van der Waals surface area contributed by atoms with Gasteiger partial charge in [0.15, 0.2) is 11.6 Å². The largest absolute Gasteiger partial charge is 0.383 e. The van der Waals surface area contributed by atoms with Crippen molar-refractivity contribution >= 4 is 5.82 Å². The van der Waals surface area contributed by atoms with Gasteiger partial charge in [0.2, 0.25) is 0 Å². The first-order valence-electron chi connectivity index (χ1n) is 7.13. The van der Waals surface area contributed by atoms with Gasteiger partial charge in [-0.15, -0.1) is 0 Å². The highest BCUT2D eigenvalue weighted by molar-refractivity contribution is 5.71. The van der Waals surface area contributed by atoms with Crippen molar-refractivity contribution in [2.75, 3.05) is 5.73 Å². The van der Waals surface area contributed by atoms with Crippen molar-refractivity contribution in [3.05, 3.63) is 35.7 Å². The van der Waals surface area contributed by atoms with E-state index in [4.69, 9.17) is 5.73 Å². The van der Waals surface area contributed by atoms with Crippen molar-refractivity contribution < 1.29 is 8.78 Å². The molecule has 0 atom stereocenters. The van der Waals surface area contributed by atoms with Crippen LogP contribution in [0.2, 0.25) is 0 Å². The number of nitrogens with zero attached hydrogens (tertiary/aromatic N) is 2. The molecule has 2 aromatic rings. The van der Waals surface area contributed by atoms with Crippen molar-refractivity contribution in [2.45, 2.75) is 40.2 Å². The molecule has 1 aromatic heterocycles. The molecule has 0 saturated heterocycles. The van der Waals surface area contributed by atoms with E-state index in [1.165, 1.54) is 12.1 Å². The van der Waals surface area contributed by atoms with Gasteiger partial charge in [0.1, 0.15) is 17.3 Å².